The number of ether oxygens (including phenoxy) is 4. The second kappa shape index (κ2) is 6.78. The number of nitrogens with zero attached hydrogens (tertiary/aromatic N) is 1. The third kappa shape index (κ3) is 3.18. The molecule has 1 fully saturated rings. The number of methoxy groups -OCH3 is 1. The van der Waals surface area contributed by atoms with Gasteiger partial charge >= 0.3 is 0 Å². The fourth-order valence-corrected chi connectivity index (χ4v) is 4.92. The van der Waals surface area contributed by atoms with E-state index in [1.54, 1.807) is 31.2 Å². The lowest BCUT2D eigenvalue weighted by atomic mass is 10.1. The molecule has 0 saturated carbocycles. The molecular weight excluding hydrogens is 394 g/mol. The minimum atomic E-state index is -3.66. The highest BCUT2D eigenvalue weighted by atomic mass is 35.5. The summed E-state index contributed by atoms with van der Waals surface area (Å²) in [5, 5.41) is 0.516. The number of fused-ring (bicyclic) bond motifs is 1. The van der Waals surface area contributed by atoms with Gasteiger partial charge in [0, 0.05) is 17.2 Å². The first kappa shape index (κ1) is 18.2. The molecule has 0 aliphatic carbocycles. The van der Waals surface area contributed by atoms with Crippen molar-refractivity contribution in [2.45, 2.75) is 24.0 Å². The van der Waals surface area contributed by atoms with E-state index in [0.29, 0.717) is 28.0 Å². The molecule has 2 aliphatic heterocycles. The van der Waals surface area contributed by atoms with Gasteiger partial charge in [-0.15, -0.1) is 0 Å². The van der Waals surface area contributed by atoms with Crippen LogP contribution in [0.1, 0.15) is 6.92 Å². The summed E-state index contributed by atoms with van der Waals surface area (Å²) in [6.07, 6.45) is -0.304. The van der Waals surface area contributed by atoms with Crippen LogP contribution in [0.4, 0.5) is 0 Å². The Hall–Kier alpha value is -2.16. The first-order valence-electron chi connectivity index (χ1n) is 8.32. The van der Waals surface area contributed by atoms with Gasteiger partial charge in [-0.05, 0) is 31.2 Å². The standard InChI is InChI=1S/C18H18ClNO6S/c1-11-18(26-17-7-12(19)3-5-14(17)23-2)9-20(11)27(21,22)13-4-6-15-16(8-13)25-10-24-15/h3-8,11,18H,9-10H2,1-2H3/t11-,18+/m0/s1. The summed E-state index contributed by atoms with van der Waals surface area (Å²) in [6.45, 7) is 2.12. The van der Waals surface area contributed by atoms with E-state index in [2.05, 4.69) is 0 Å². The summed E-state index contributed by atoms with van der Waals surface area (Å²) in [5.74, 6) is 2.01. The average molecular weight is 412 g/mol. The van der Waals surface area contributed by atoms with Gasteiger partial charge in [-0.2, -0.15) is 4.31 Å². The predicted molar refractivity (Wildman–Crippen MR) is 98.3 cm³/mol. The van der Waals surface area contributed by atoms with Gasteiger partial charge < -0.3 is 18.9 Å². The summed E-state index contributed by atoms with van der Waals surface area (Å²) in [7, 11) is -2.12. The quantitative estimate of drug-likeness (QED) is 0.753. The second-order valence-electron chi connectivity index (χ2n) is 6.28. The Balaban J connectivity index is 1.50. The van der Waals surface area contributed by atoms with Crippen LogP contribution < -0.4 is 18.9 Å². The number of hydrogen-bond donors (Lipinski definition) is 0. The van der Waals surface area contributed by atoms with Crippen LogP contribution in [-0.2, 0) is 10.0 Å². The van der Waals surface area contributed by atoms with Gasteiger partial charge in [-0.1, -0.05) is 11.6 Å². The van der Waals surface area contributed by atoms with E-state index in [0.717, 1.165) is 0 Å². The van der Waals surface area contributed by atoms with Crippen molar-refractivity contribution >= 4 is 21.6 Å². The summed E-state index contributed by atoms with van der Waals surface area (Å²) in [5.41, 5.74) is 0. The highest BCUT2D eigenvalue weighted by molar-refractivity contribution is 7.89. The van der Waals surface area contributed by atoms with Crippen molar-refractivity contribution in [1.29, 1.82) is 0 Å². The molecular formula is C18H18ClNO6S. The molecule has 2 heterocycles. The summed E-state index contributed by atoms with van der Waals surface area (Å²) >= 11 is 6.02. The molecule has 27 heavy (non-hydrogen) atoms. The van der Waals surface area contributed by atoms with E-state index in [-0.39, 0.29) is 30.4 Å². The number of halogens is 1. The number of sulfonamides is 1. The summed E-state index contributed by atoms with van der Waals surface area (Å²) in [6, 6.07) is 9.33. The maximum atomic E-state index is 12.9. The van der Waals surface area contributed by atoms with Gasteiger partial charge in [0.15, 0.2) is 23.0 Å². The zero-order valence-corrected chi connectivity index (χ0v) is 16.3. The van der Waals surface area contributed by atoms with Crippen molar-refractivity contribution in [3.8, 4) is 23.0 Å². The molecule has 1 saturated heterocycles. The minimum absolute atomic E-state index is 0.0936. The zero-order chi connectivity index (χ0) is 19.2. The van der Waals surface area contributed by atoms with Gasteiger partial charge in [0.05, 0.1) is 24.6 Å². The van der Waals surface area contributed by atoms with Crippen LogP contribution in [-0.4, -0.2) is 45.3 Å². The van der Waals surface area contributed by atoms with Crippen LogP contribution in [0.5, 0.6) is 23.0 Å². The first-order chi connectivity index (χ1) is 12.9. The molecule has 0 amide bonds. The molecule has 7 nitrogen and oxygen atoms in total. The third-order valence-corrected chi connectivity index (χ3v) is 6.89. The monoisotopic (exact) mass is 411 g/mol. The van der Waals surface area contributed by atoms with Crippen molar-refractivity contribution in [3.63, 3.8) is 0 Å². The highest BCUT2D eigenvalue weighted by Crippen LogP contribution is 2.38. The molecule has 0 bridgehead atoms. The first-order valence-corrected chi connectivity index (χ1v) is 10.1. The van der Waals surface area contributed by atoms with Crippen molar-refractivity contribution < 1.29 is 27.4 Å². The van der Waals surface area contributed by atoms with Crippen LogP contribution in [0.3, 0.4) is 0 Å². The Morgan fingerprint density at radius 2 is 1.89 bits per heavy atom. The molecule has 144 valence electrons. The van der Waals surface area contributed by atoms with Crippen LogP contribution >= 0.6 is 11.6 Å². The number of hydrogen-bond acceptors (Lipinski definition) is 6. The van der Waals surface area contributed by atoms with Crippen molar-refractivity contribution in [1.82, 2.24) is 4.31 Å². The lowest BCUT2D eigenvalue weighted by molar-refractivity contribution is 0.0195. The van der Waals surface area contributed by atoms with Crippen molar-refractivity contribution in [3.05, 3.63) is 41.4 Å². The van der Waals surface area contributed by atoms with Gasteiger partial charge in [0.1, 0.15) is 6.10 Å². The maximum Gasteiger partial charge on any atom is 0.243 e. The van der Waals surface area contributed by atoms with Crippen molar-refractivity contribution in [2.24, 2.45) is 0 Å². The fraction of sp³-hybridized carbons (Fsp3) is 0.333. The van der Waals surface area contributed by atoms with Crippen LogP contribution in [0, 0.1) is 0 Å². The molecule has 0 aromatic heterocycles. The summed E-state index contributed by atoms with van der Waals surface area (Å²) in [4.78, 5) is 0.164. The number of rotatable bonds is 5. The molecule has 2 aliphatic rings. The smallest absolute Gasteiger partial charge is 0.243 e. The Bertz CT molecular complexity index is 980. The van der Waals surface area contributed by atoms with Crippen LogP contribution in [0.2, 0.25) is 5.02 Å². The van der Waals surface area contributed by atoms with Gasteiger partial charge in [-0.25, -0.2) is 8.42 Å². The summed E-state index contributed by atoms with van der Waals surface area (Å²) < 4.78 is 49.0. The van der Waals surface area contributed by atoms with Gasteiger partial charge in [0.2, 0.25) is 16.8 Å². The third-order valence-electron chi connectivity index (χ3n) is 4.71. The zero-order valence-electron chi connectivity index (χ0n) is 14.7. The maximum absolute atomic E-state index is 12.9. The predicted octanol–water partition coefficient (Wildman–Crippen LogP) is 2.92. The molecule has 4 rings (SSSR count). The Kier molecular flexibility index (Phi) is 4.57. The largest absolute Gasteiger partial charge is 0.493 e. The molecule has 0 radical (unpaired) electrons. The Labute approximate surface area is 162 Å². The molecule has 0 unspecified atom stereocenters. The van der Waals surface area contributed by atoms with E-state index in [9.17, 15) is 8.42 Å². The Morgan fingerprint density at radius 3 is 2.63 bits per heavy atom. The minimum Gasteiger partial charge on any atom is -0.493 e. The highest BCUT2D eigenvalue weighted by Gasteiger charge is 2.45. The second-order valence-corrected chi connectivity index (χ2v) is 8.61. The molecule has 0 N–H and O–H groups in total. The lowest BCUT2D eigenvalue weighted by Gasteiger charge is -2.44. The Morgan fingerprint density at radius 1 is 1.11 bits per heavy atom. The topological polar surface area (TPSA) is 74.3 Å². The van der Waals surface area contributed by atoms with E-state index in [1.807, 2.05) is 0 Å². The molecule has 2 aromatic rings. The van der Waals surface area contributed by atoms with Gasteiger partial charge in [-0.3, -0.25) is 0 Å². The van der Waals surface area contributed by atoms with E-state index in [1.165, 1.54) is 23.5 Å². The average Bonchev–Trinajstić information content (AvgIpc) is 3.12. The fourth-order valence-electron chi connectivity index (χ4n) is 3.07. The van der Waals surface area contributed by atoms with Crippen molar-refractivity contribution in [2.75, 3.05) is 20.4 Å². The van der Waals surface area contributed by atoms with Gasteiger partial charge in [0.25, 0.3) is 0 Å². The van der Waals surface area contributed by atoms with E-state index in [4.69, 9.17) is 30.5 Å². The molecule has 9 heteroatoms. The SMILES string of the molecule is COc1ccc(Cl)cc1O[C@@H]1CN(S(=O)(=O)c2ccc3c(c2)OCO3)[C@H]1C. The molecule has 0 spiro atoms. The normalized spacial score (nSPS) is 21.6. The number of benzene rings is 2. The lowest BCUT2D eigenvalue weighted by Crippen LogP contribution is -2.62. The van der Waals surface area contributed by atoms with E-state index >= 15 is 0 Å². The molecule has 2 aromatic carbocycles. The van der Waals surface area contributed by atoms with E-state index < -0.39 is 10.0 Å². The van der Waals surface area contributed by atoms with Crippen LogP contribution in [0.25, 0.3) is 0 Å². The molecule has 2 atom stereocenters. The van der Waals surface area contributed by atoms with Crippen LogP contribution in [0.15, 0.2) is 41.3 Å².